The van der Waals surface area contributed by atoms with Gasteiger partial charge in [-0.05, 0) is 36.8 Å². The highest BCUT2D eigenvalue weighted by molar-refractivity contribution is 9.10. The van der Waals surface area contributed by atoms with Gasteiger partial charge in [-0.2, -0.15) is 0 Å². The van der Waals surface area contributed by atoms with Gasteiger partial charge in [0.2, 0.25) is 0 Å². The Morgan fingerprint density at radius 1 is 1.15 bits per heavy atom. The highest BCUT2D eigenvalue weighted by atomic mass is 79.9. The van der Waals surface area contributed by atoms with E-state index < -0.39 is 0 Å². The Bertz CT molecular complexity index is 902. The van der Waals surface area contributed by atoms with Gasteiger partial charge < -0.3 is 9.30 Å². The molecule has 0 spiro atoms. The fraction of sp³-hybridized carbons (Fsp3) is 0.222. The van der Waals surface area contributed by atoms with Crippen LogP contribution in [-0.2, 0) is 12.8 Å². The second-order valence-electron chi connectivity index (χ2n) is 5.65. The quantitative estimate of drug-likeness (QED) is 0.393. The van der Waals surface area contributed by atoms with E-state index in [1.54, 1.807) is 30.0 Å². The monoisotopic (exact) mass is 471 g/mol. The summed E-state index contributed by atoms with van der Waals surface area (Å²) in [5, 5.41) is 10.5. The molecule has 8 heteroatoms. The molecule has 0 aliphatic rings. The van der Waals surface area contributed by atoms with Gasteiger partial charge in [-0.3, -0.25) is 0 Å². The SMILES string of the molecule is CC(Oc1cc(Cl)ccc1Cl)c1nnc(SCc2ccc(Br)cc2)n1C. The van der Waals surface area contributed by atoms with Crippen LogP contribution >= 0.6 is 50.9 Å². The molecule has 0 bridgehead atoms. The minimum Gasteiger partial charge on any atom is -0.481 e. The fourth-order valence-electron chi connectivity index (χ4n) is 2.35. The Kier molecular flexibility index (Phi) is 6.51. The van der Waals surface area contributed by atoms with Gasteiger partial charge in [-0.1, -0.05) is 63.0 Å². The van der Waals surface area contributed by atoms with Crippen molar-refractivity contribution in [2.75, 3.05) is 0 Å². The third kappa shape index (κ3) is 4.74. The van der Waals surface area contributed by atoms with Gasteiger partial charge in [0.15, 0.2) is 17.1 Å². The third-order valence-corrected chi connectivity index (χ3v) is 5.88. The van der Waals surface area contributed by atoms with E-state index in [-0.39, 0.29) is 6.10 Å². The van der Waals surface area contributed by atoms with Gasteiger partial charge in [0.05, 0.1) is 5.02 Å². The molecular formula is C18H16BrCl2N3OS. The Morgan fingerprint density at radius 2 is 1.88 bits per heavy atom. The summed E-state index contributed by atoms with van der Waals surface area (Å²) in [6, 6.07) is 13.4. The van der Waals surface area contributed by atoms with Crippen LogP contribution in [0.4, 0.5) is 0 Å². The highest BCUT2D eigenvalue weighted by Crippen LogP contribution is 2.32. The number of halogens is 3. The number of rotatable bonds is 6. The van der Waals surface area contributed by atoms with E-state index in [4.69, 9.17) is 27.9 Å². The molecular weight excluding hydrogens is 457 g/mol. The maximum atomic E-state index is 6.17. The summed E-state index contributed by atoms with van der Waals surface area (Å²) in [5.41, 5.74) is 1.22. The van der Waals surface area contributed by atoms with Crippen molar-refractivity contribution in [3.8, 4) is 5.75 Å². The zero-order chi connectivity index (χ0) is 18.7. The van der Waals surface area contributed by atoms with Crippen molar-refractivity contribution in [3.05, 3.63) is 68.4 Å². The summed E-state index contributed by atoms with van der Waals surface area (Å²) >= 11 is 17.3. The van der Waals surface area contributed by atoms with Crippen molar-refractivity contribution < 1.29 is 4.74 Å². The first-order valence-electron chi connectivity index (χ1n) is 7.82. The molecule has 1 heterocycles. The van der Waals surface area contributed by atoms with Crippen molar-refractivity contribution in [1.82, 2.24) is 14.8 Å². The molecule has 1 atom stereocenters. The average Bonchev–Trinajstić information content (AvgIpc) is 2.98. The molecule has 2 aromatic carbocycles. The average molecular weight is 473 g/mol. The van der Waals surface area contributed by atoms with Crippen molar-refractivity contribution in [1.29, 1.82) is 0 Å². The first-order valence-corrected chi connectivity index (χ1v) is 10.4. The van der Waals surface area contributed by atoms with Crippen molar-refractivity contribution >= 4 is 50.9 Å². The van der Waals surface area contributed by atoms with Gasteiger partial charge in [0.1, 0.15) is 5.75 Å². The summed E-state index contributed by atoms with van der Waals surface area (Å²) in [6.45, 7) is 1.91. The molecule has 0 aliphatic heterocycles. The second kappa shape index (κ2) is 8.65. The first-order chi connectivity index (χ1) is 12.4. The summed E-state index contributed by atoms with van der Waals surface area (Å²) in [5.74, 6) is 2.06. The number of hydrogen-bond donors (Lipinski definition) is 0. The Labute approximate surface area is 175 Å². The van der Waals surface area contributed by atoms with Crippen LogP contribution < -0.4 is 4.74 Å². The molecule has 0 saturated heterocycles. The van der Waals surface area contributed by atoms with Gasteiger partial charge in [-0.25, -0.2) is 0 Å². The predicted octanol–water partition coefficient (Wildman–Crippen LogP) is 6.32. The largest absolute Gasteiger partial charge is 0.481 e. The zero-order valence-corrected chi connectivity index (χ0v) is 18.0. The molecule has 4 nitrogen and oxygen atoms in total. The van der Waals surface area contributed by atoms with E-state index in [0.29, 0.717) is 15.8 Å². The highest BCUT2D eigenvalue weighted by Gasteiger charge is 2.18. The molecule has 1 aromatic heterocycles. The van der Waals surface area contributed by atoms with Crippen LogP contribution in [0.2, 0.25) is 10.0 Å². The fourth-order valence-corrected chi connectivity index (χ4v) is 3.81. The molecule has 26 heavy (non-hydrogen) atoms. The molecule has 0 N–H and O–H groups in total. The van der Waals surface area contributed by atoms with Gasteiger partial charge in [-0.15, -0.1) is 10.2 Å². The Hall–Kier alpha value is -1.21. The Balaban J connectivity index is 1.69. The summed E-state index contributed by atoms with van der Waals surface area (Å²) in [6.07, 6.45) is -0.314. The van der Waals surface area contributed by atoms with Crippen LogP contribution in [0.1, 0.15) is 24.4 Å². The smallest absolute Gasteiger partial charge is 0.191 e. The maximum Gasteiger partial charge on any atom is 0.191 e. The lowest BCUT2D eigenvalue weighted by Crippen LogP contribution is -2.10. The zero-order valence-electron chi connectivity index (χ0n) is 14.1. The number of thioether (sulfide) groups is 1. The van der Waals surface area contributed by atoms with E-state index in [1.807, 2.05) is 30.7 Å². The number of aromatic nitrogens is 3. The van der Waals surface area contributed by atoms with Gasteiger partial charge in [0, 0.05) is 28.4 Å². The van der Waals surface area contributed by atoms with Crippen LogP contribution in [0.5, 0.6) is 5.75 Å². The minimum atomic E-state index is -0.314. The normalized spacial score (nSPS) is 12.2. The van der Waals surface area contributed by atoms with Crippen LogP contribution in [0.15, 0.2) is 52.1 Å². The molecule has 3 rings (SSSR count). The number of nitrogens with zero attached hydrogens (tertiary/aromatic N) is 3. The third-order valence-electron chi connectivity index (χ3n) is 3.71. The van der Waals surface area contributed by atoms with Crippen LogP contribution in [0.25, 0.3) is 0 Å². The van der Waals surface area contributed by atoms with Crippen molar-refractivity contribution in [2.24, 2.45) is 7.05 Å². The predicted molar refractivity (Wildman–Crippen MR) is 110 cm³/mol. The standard InChI is InChI=1S/C18H16BrCl2N3OS/c1-11(25-16-9-14(20)7-8-15(16)21)17-22-23-18(24(17)2)26-10-12-3-5-13(19)6-4-12/h3-9,11H,10H2,1-2H3. The van der Waals surface area contributed by atoms with Crippen molar-refractivity contribution in [2.45, 2.75) is 23.9 Å². The maximum absolute atomic E-state index is 6.17. The molecule has 0 fully saturated rings. The molecule has 3 aromatic rings. The first kappa shape index (κ1) is 19.5. The number of hydrogen-bond acceptors (Lipinski definition) is 4. The molecule has 0 saturated carbocycles. The molecule has 0 radical (unpaired) electrons. The van der Waals surface area contributed by atoms with Gasteiger partial charge >= 0.3 is 0 Å². The molecule has 1 unspecified atom stereocenters. The Morgan fingerprint density at radius 3 is 2.62 bits per heavy atom. The van der Waals surface area contributed by atoms with E-state index in [2.05, 4.69) is 38.3 Å². The second-order valence-corrected chi connectivity index (χ2v) is 8.35. The topological polar surface area (TPSA) is 39.9 Å². The molecule has 136 valence electrons. The van der Waals surface area contributed by atoms with Crippen molar-refractivity contribution in [3.63, 3.8) is 0 Å². The van der Waals surface area contributed by atoms with E-state index in [9.17, 15) is 0 Å². The van der Waals surface area contributed by atoms with Crippen LogP contribution in [0, 0.1) is 0 Å². The summed E-state index contributed by atoms with van der Waals surface area (Å²) < 4.78 is 8.93. The molecule has 0 amide bonds. The lowest BCUT2D eigenvalue weighted by Gasteiger charge is -2.15. The van der Waals surface area contributed by atoms with Crippen LogP contribution in [0.3, 0.4) is 0 Å². The lowest BCUT2D eigenvalue weighted by molar-refractivity contribution is 0.211. The summed E-state index contributed by atoms with van der Waals surface area (Å²) in [7, 11) is 1.93. The minimum absolute atomic E-state index is 0.314. The van der Waals surface area contributed by atoms with E-state index in [0.717, 1.165) is 21.2 Å². The lowest BCUT2D eigenvalue weighted by atomic mass is 10.2. The molecule has 0 aliphatic carbocycles. The van der Waals surface area contributed by atoms with Gasteiger partial charge in [0.25, 0.3) is 0 Å². The number of benzene rings is 2. The number of ether oxygens (including phenoxy) is 1. The van der Waals surface area contributed by atoms with E-state index >= 15 is 0 Å². The van der Waals surface area contributed by atoms with E-state index in [1.165, 1.54) is 5.56 Å². The van der Waals surface area contributed by atoms with Crippen LogP contribution in [-0.4, -0.2) is 14.8 Å². The summed E-state index contributed by atoms with van der Waals surface area (Å²) in [4.78, 5) is 0.